The molecular formula is C14H25NO4Y-2. The molecule has 0 bridgehead atoms. The zero-order valence-electron chi connectivity index (χ0n) is 10.7. The van der Waals surface area contributed by atoms with Gasteiger partial charge in [0.25, 0.3) is 0 Å². The van der Waals surface area contributed by atoms with E-state index < -0.39 is 5.97 Å². The summed E-state index contributed by atoms with van der Waals surface area (Å²) in [5.41, 5.74) is 0.898. The summed E-state index contributed by atoms with van der Waals surface area (Å²) in [4.78, 5) is 18.1. The maximum Gasteiger partial charge on any atom is 0.328 e. The molecule has 1 aromatic carbocycles. The summed E-state index contributed by atoms with van der Waals surface area (Å²) in [6.45, 7) is 4.00. The Balaban J connectivity index is -0.0000000488. The molecule has 0 aliphatic rings. The van der Waals surface area contributed by atoms with Gasteiger partial charge in [-0.15, -0.1) is 5.34 Å². The molecular weight excluding hydrogens is 335 g/mol. The second-order valence-corrected chi connectivity index (χ2v) is 2.16. The summed E-state index contributed by atoms with van der Waals surface area (Å²) in [5.74, 6) is -0.922. The van der Waals surface area contributed by atoms with Crippen LogP contribution in [0.2, 0.25) is 0 Å². The van der Waals surface area contributed by atoms with Crippen LogP contribution in [0, 0.1) is 17.5 Å². The molecule has 0 saturated heterocycles. The third-order valence-corrected chi connectivity index (χ3v) is 1.22. The van der Waals surface area contributed by atoms with Gasteiger partial charge in [-0.05, 0) is 11.6 Å². The van der Waals surface area contributed by atoms with Gasteiger partial charge in [0.2, 0.25) is 0 Å². The number of carboxylic acid groups (broad SMARTS) is 1. The maximum atomic E-state index is 10.1. The minimum atomic E-state index is -0.922. The largest absolute Gasteiger partial charge is 0.478 e. The van der Waals surface area contributed by atoms with Gasteiger partial charge in [0.15, 0.2) is 0 Å². The molecule has 6 heteroatoms. The molecule has 0 amide bonds. The van der Waals surface area contributed by atoms with Crippen LogP contribution in [0.15, 0.2) is 41.7 Å². The Labute approximate surface area is 147 Å². The van der Waals surface area contributed by atoms with E-state index in [4.69, 9.17) is 15.2 Å². The number of carbonyl (C=O) groups is 1. The van der Waals surface area contributed by atoms with E-state index in [0.29, 0.717) is 0 Å². The van der Waals surface area contributed by atoms with Gasteiger partial charge in [0.05, 0.1) is 0 Å². The van der Waals surface area contributed by atoms with E-state index in [1.54, 1.807) is 6.08 Å². The monoisotopic (exact) mass is 360 g/mol. The standard InChI is InChI=1S/C9H8O2.C2H6.2CH4.CH3.HNO2.Y/c10-9(11)7-6-8-4-2-1-3-5-8;1-2;;;;2-1-3;/h1-7H,(H,10,11);1-2H3;2*1H4;1H3;(H,2,3);/q;;;;-1;;/p-1/b7-6+;;;;;;. The molecule has 0 fully saturated rings. The van der Waals surface area contributed by atoms with Crippen molar-refractivity contribution in [1.29, 1.82) is 0 Å². The van der Waals surface area contributed by atoms with Gasteiger partial charge in [0.1, 0.15) is 0 Å². The van der Waals surface area contributed by atoms with Crippen LogP contribution in [0.25, 0.3) is 6.08 Å². The molecule has 0 aliphatic heterocycles. The van der Waals surface area contributed by atoms with E-state index >= 15 is 0 Å². The van der Waals surface area contributed by atoms with E-state index in [-0.39, 0.29) is 55.0 Å². The molecule has 0 unspecified atom stereocenters. The zero-order chi connectivity index (χ0) is 12.8. The number of rotatable bonds is 2. The van der Waals surface area contributed by atoms with Crippen LogP contribution in [0.1, 0.15) is 34.3 Å². The van der Waals surface area contributed by atoms with Crippen LogP contribution >= 0.6 is 0 Å². The molecule has 5 nitrogen and oxygen atoms in total. The van der Waals surface area contributed by atoms with Crippen LogP contribution in [0.5, 0.6) is 0 Å². The number of benzene rings is 1. The Hall–Kier alpha value is -1.07. The summed E-state index contributed by atoms with van der Waals surface area (Å²) in [6.07, 6.45) is 2.68. The third kappa shape index (κ3) is 30.2. The topological polar surface area (TPSA) is 89.8 Å². The molecule has 0 spiro atoms. The molecule has 1 N–H and O–H groups in total. The van der Waals surface area contributed by atoms with Crippen LogP contribution in [-0.4, -0.2) is 11.1 Å². The first-order valence-corrected chi connectivity index (χ1v) is 4.61. The molecule has 0 heterocycles. The van der Waals surface area contributed by atoms with Crippen molar-refractivity contribution < 1.29 is 42.6 Å². The fourth-order valence-electron chi connectivity index (χ4n) is 0.732. The predicted octanol–water partition coefficient (Wildman–Crippen LogP) is 4.78. The Morgan fingerprint density at radius 3 is 1.85 bits per heavy atom. The summed E-state index contributed by atoms with van der Waals surface area (Å²) in [6, 6.07) is 9.31. The Bertz CT molecular complexity index is 316. The zero-order valence-corrected chi connectivity index (χ0v) is 13.6. The van der Waals surface area contributed by atoms with Crippen molar-refractivity contribution >= 4 is 12.0 Å². The number of hydrogen-bond donors (Lipinski definition) is 1. The van der Waals surface area contributed by atoms with E-state index in [1.165, 1.54) is 0 Å². The molecule has 115 valence electrons. The van der Waals surface area contributed by atoms with Gasteiger partial charge < -0.3 is 22.6 Å². The minimum absolute atomic E-state index is 0. The molecule has 1 aromatic rings. The van der Waals surface area contributed by atoms with Gasteiger partial charge in [-0.3, -0.25) is 0 Å². The van der Waals surface area contributed by atoms with Gasteiger partial charge in [-0.25, -0.2) is 4.79 Å². The number of hydrogen-bond acceptors (Lipinski definition) is 4. The molecule has 0 saturated carbocycles. The van der Waals surface area contributed by atoms with Crippen molar-refractivity contribution in [2.75, 3.05) is 0 Å². The van der Waals surface area contributed by atoms with Gasteiger partial charge in [-0.2, -0.15) is 0 Å². The third-order valence-electron chi connectivity index (χ3n) is 1.22. The van der Waals surface area contributed by atoms with Gasteiger partial charge >= 0.3 is 5.97 Å². The average molecular weight is 360 g/mol. The average Bonchev–Trinajstić information content (AvgIpc) is 2.31. The van der Waals surface area contributed by atoms with Gasteiger partial charge in [-0.1, -0.05) is 59.0 Å². The van der Waals surface area contributed by atoms with Crippen molar-refractivity contribution in [3.63, 3.8) is 0 Å². The summed E-state index contributed by atoms with van der Waals surface area (Å²) < 4.78 is 0. The Morgan fingerprint density at radius 2 is 1.55 bits per heavy atom. The molecule has 0 aliphatic carbocycles. The molecule has 20 heavy (non-hydrogen) atoms. The van der Waals surface area contributed by atoms with Crippen LogP contribution in [0.3, 0.4) is 0 Å². The summed E-state index contributed by atoms with van der Waals surface area (Å²) in [7, 11) is 0. The van der Waals surface area contributed by atoms with E-state index in [1.807, 2.05) is 44.2 Å². The maximum absolute atomic E-state index is 10.1. The van der Waals surface area contributed by atoms with Crippen LogP contribution in [-0.2, 0) is 37.5 Å². The van der Waals surface area contributed by atoms with Crippen molar-refractivity contribution in [2.24, 2.45) is 5.34 Å². The Morgan fingerprint density at radius 1 is 1.20 bits per heavy atom. The first kappa shape index (κ1) is 36.4. The van der Waals surface area contributed by atoms with Crippen LogP contribution < -0.4 is 0 Å². The predicted molar refractivity (Wildman–Crippen MR) is 83.5 cm³/mol. The molecule has 0 aromatic heterocycles. The number of nitrogens with zero attached hydrogens (tertiary/aromatic N) is 1. The minimum Gasteiger partial charge on any atom is -0.478 e. The second-order valence-electron chi connectivity index (χ2n) is 2.16. The Kier molecular flexibility index (Phi) is 56.0. The quantitative estimate of drug-likeness (QED) is 0.356. The molecule has 1 radical (unpaired) electrons. The normalized spacial score (nSPS) is 6.50. The SMILES string of the molecule is C.C.CC.O=C(O)/C=C/c1ccccc1.O=N[O-].[CH3-].[Y]. The number of aliphatic carboxylic acids is 1. The van der Waals surface area contributed by atoms with Crippen molar-refractivity contribution in [1.82, 2.24) is 0 Å². The molecule has 0 atom stereocenters. The van der Waals surface area contributed by atoms with Crippen molar-refractivity contribution in [3.8, 4) is 0 Å². The van der Waals surface area contributed by atoms with Gasteiger partial charge in [0, 0.05) is 38.8 Å². The smallest absolute Gasteiger partial charge is 0.328 e. The first-order valence-electron chi connectivity index (χ1n) is 4.61. The summed E-state index contributed by atoms with van der Waals surface area (Å²) in [5, 5.41) is 17.3. The molecule has 1 rings (SSSR count). The fourth-order valence-corrected chi connectivity index (χ4v) is 0.732. The fraction of sp³-hybridized carbons (Fsp3) is 0.286. The van der Waals surface area contributed by atoms with E-state index in [2.05, 4.69) is 0 Å². The number of carboxylic acids is 1. The summed E-state index contributed by atoms with van der Waals surface area (Å²) >= 11 is 0. The van der Waals surface area contributed by atoms with E-state index in [0.717, 1.165) is 17.0 Å². The van der Waals surface area contributed by atoms with E-state index in [9.17, 15) is 4.79 Å². The second kappa shape index (κ2) is 30.7. The van der Waals surface area contributed by atoms with Crippen LogP contribution in [0.4, 0.5) is 0 Å². The first-order chi connectivity index (χ1) is 7.70. The van der Waals surface area contributed by atoms with Crippen molar-refractivity contribution in [2.45, 2.75) is 28.7 Å². The van der Waals surface area contributed by atoms with Crippen molar-refractivity contribution in [3.05, 3.63) is 59.5 Å².